The van der Waals surface area contributed by atoms with Gasteiger partial charge >= 0.3 is 0 Å². The number of hydrogen-bond acceptors (Lipinski definition) is 6. The summed E-state index contributed by atoms with van der Waals surface area (Å²) in [7, 11) is 0. The first kappa shape index (κ1) is 18.1. The molecule has 0 saturated heterocycles. The molecule has 0 bridgehead atoms. The number of aliphatic hydroxyl groups excluding tert-OH is 2. The van der Waals surface area contributed by atoms with Crippen molar-refractivity contribution in [1.29, 1.82) is 0 Å². The number of nitrogens with zero attached hydrogens (tertiary/aromatic N) is 2. The van der Waals surface area contributed by atoms with E-state index in [9.17, 15) is 15.0 Å². The normalized spacial score (nSPS) is 14.5. The molecule has 7 nitrogen and oxygen atoms in total. The Morgan fingerprint density at radius 2 is 1.96 bits per heavy atom. The SMILES string of the molecule is CC(O)CN(Cc1nc2c(oc3ccc(Br)cc32)c(=O)[nH]1)CC(C)O. The van der Waals surface area contributed by atoms with Crippen LogP contribution in [0.3, 0.4) is 0 Å². The van der Waals surface area contributed by atoms with Gasteiger partial charge in [-0.15, -0.1) is 0 Å². The van der Waals surface area contributed by atoms with Gasteiger partial charge in [0.1, 0.15) is 16.9 Å². The fourth-order valence-electron chi connectivity index (χ4n) is 2.91. The van der Waals surface area contributed by atoms with E-state index in [-0.39, 0.29) is 11.1 Å². The third-order valence-electron chi connectivity index (χ3n) is 3.75. The first-order valence-corrected chi connectivity index (χ1v) is 8.82. The fraction of sp³-hybridized carbons (Fsp3) is 0.412. The van der Waals surface area contributed by atoms with E-state index in [1.165, 1.54) is 0 Å². The Kier molecular flexibility index (Phi) is 5.24. The Labute approximate surface area is 152 Å². The van der Waals surface area contributed by atoms with Crippen LogP contribution in [0.1, 0.15) is 19.7 Å². The molecule has 134 valence electrons. The number of nitrogens with one attached hydrogen (secondary N) is 1. The highest BCUT2D eigenvalue weighted by atomic mass is 79.9. The van der Waals surface area contributed by atoms with Gasteiger partial charge in [0.15, 0.2) is 0 Å². The minimum absolute atomic E-state index is 0.189. The average Bonchev–Trinajstić information content (AvgIpc) is 2.84. The van der Waals surface area contributed by atoms with Crippen molar-refractivity contribution in [2.75, 3.05) is 13.1 Å². The quantitative estimate of drug-likeness (QED) is 0.575. The van der Waals surface area contributed by atoms with Crippen LogP contribution in [0.4, 0.5) is 0 Å². The summed E-state index contributed by atoms with van der Waals surface area (Å²) in [5.74, 6) is 0.460. The second-order valence-corrected chi connectivity index (χ2v) is 7.24. The lowest BCUT2D eigenvalue weighted by molar-refractivity contribution is 0.0780. The van der Waals surface area contributed by atoms with Crippen LogP contribution in [0, 0.1) is 0 Å². The molecule has 3 aromatic rings. The predicted molar refractivity (Wildman–Crippen MR) is 98.5 cm³/mol. The highest BCUT2D eigenvalue weighted by Crippen LogP contribution is 2.27. The topological polar surface area (TPSA) is 103 Å². The van der Waals surface area contributed by atoms with Crippen molar-refractivity contribution in [3.05, 3.63) is 38.9 Å². The van der Waals surface area contributed by atoms with Gasteiger partial charge in [0.05, 0.1) is 18.8 Å². The van der Waals surface area contributed by atoms with Crippen molar-refractivity contribution >= 4 is 38.0 Å². The number of furan rings is 1. The zero-order valence-corrected chi connectivity index (χ0v) is 15.6. The second-order valence-electron chi connectivity index (χ2n) is 6.33. The van der Waals surface area contributed by atoms with Crippen LogP contribution in [0.2, 0.25) is 0 Å². The molecule has 0 radical (unpaired) electrons. The van der Waals surface area contributed by atoms with Crippen LogP contribution in [0.15, 0.2) is 31.9 Å². The van der Waals surface area contributed by atoms with Gasteiger partial charge in [0.25, 0.3) is 5.56 Å². The average molecular weight is 410 g/mol. The molecule has 2 atom stereocenters. The molecule has 0 aliphatic heterocycles. The van der Waals surface area contributed by atoms with E-state index in [4.69, 9.17) is 4.42 Å². The van der Waals surface area contributed by atoms with Gasteiger partial charge in [-0.25, -0.2) is 4.98 Å². The molecule has 1 aromatic carbocycles. The summed E-state index contributed by atoms with van der Waals surface area (Å²) < 4.78 is 6.48. The number of aromatic nitrogens is 2. The van der Waals surface area contributed by atoms with E-state index in [1.54, 1.807) is 19.9 Å². The Bertz CT molecular complexity index is 938. The van der Waals surface area contributed by atoms with Gasteiger partial charge in [-0.05, 0) is 32.0 Å². The molecule has 3 N–H and O–H groups in total. The van der Waals surface area contributed by atoms with Crippen molar-refractivity contribution in [2.24, 2.45) is 0 Å². The second kappa shape index (κ2) is 7.25. The van der Waals surface area contributed by atoms with Gasteiger partial charge in [-0.1, -0.05) is 15.9 Å². The summed E-state index contributed by atoms with van der Waals surface area (Å²) in [4.78, 5) is 21.5. The van der Waals surface area contributed by atoms with Crippen LogP contribution in [0.5, 0.6) is 0 Å². The number of aliphatic hydroxyl groups is 2. The molecule has 2 aromatic heterocycles. The molecule has 0 fully saturated rings. The smallest absolute Gasteiger partial charge is 0.294 e. The Morgan fingerprint density at radius 1 is 1.28 bits per heavy atom. The maximum absolute atomic E-state index is 12.4. The van der Waals surface area contributed by atoms with E-state index in [0.717, 1.165) is 9.86 Å². The lowest BCUT2D eigenvalue weighted by atomic mass is 10.2. The molecule has 0 amide bonds. The summed E-state index contributed by atoms with van der Waals surface area (Å²) in [6, 6.07) is 5.49. The Balaban J connectivity index is 2.02. The summed E-state index contributed by atoms with van der Waals surface area (Å²) in [6.07, 6.45) is -1.11. The highest BCUT2D eigenvalue weighted by Gasteiger charge is 2.17. The molecule has 0 aliphatic carbocycles. The number of rotatable bonds is 6. The van der Waals surface area contributed by atoms with Crippen molar-refractivity contribution in [1.82, 2.24) is 14.9 Å². The van der Waals surface area contributed by atoms with Crippen molar-refractivity contribution in [2.45, 2.75) is 32.6 Å². The van der Waals surface area contributed by atoms with E-state index in [2.05, 4.69) is 25.9 Å². The maximum Gasteiger partial charge on any atom is 0.294 e. The van der Waals surface area contributed by atoms with Gasteiger partial charge in [0.2, 0.25) is 5.58 Å². The molecular formula is C17H20BrN3O4. The molecule has 2 heterocycles. The molecule has 25 heavy (non-hydrogen) atoms. The number of H-pyrrole nitrogens is 1. The molecule has 3 rings (SSSR count). The number of fused-ring (bicyclic) bond motifs is 3. The molecule has 2 unspecified atom stereocenters. The molecule has 0 spiro atoms. The third-order valence-corrected chi connectivity index (χ3v) is 4.25. The van der Waals surface area contributed by atoms with E-state index in [0.29, 0.717) is 36.6 Å². The van der Waals surface area contributed by atoms with E-state index >= 15 is 0 Å². The van der Waals surface area contributed by atoms with Crippen molar-refractivity contribution < 1.29 is 14.6 Å². The van der Waals surface area contributed by atoms with Gasteiger partial charge in [-0.3, -0.25) is 9.69 Å². The van der Waals surface area contributed by atoms with Crippen LogP contribution in [-0.4, -0.2) is 50.4 Å². The van der Waals surface area contributed by atoms with Gasteiger partial charge in [-0.2, -0.15) is 0 Å². The largest absolute Gasteiger partial charge is 0.449 e. The molecular weight excluding hydrogens is 390 g/mol. The lowest BCUT2D eigenvalue weighted by Gasteiger charge is -2.24. The number of halogens is 1. The predicted octanol–water partition coefficient (Wildman–Crippen LogP) is 2.00. The van der Waals surface area contributed by atoms with Crippen LogP contribution >= 0.6 is 15.9 Å². The number of benzene rings is 1. The first-order chi connectivity index (χ1) is 11.8. The fourth-order valence-corrected chi connectivity index (χ4v) is 3.27. The lowest BCUT2D eigenvalue weighted by Crippen LogP contribution is -2.36. The van der Waals surface area contributed by atoms with Crippen molar-refractivity contribution in [3.63, 3.8) is 0 Å². The van der Waals surface area contributed by atoms with E-state index < -0.39 is 12.2 Å². The number of aromatic amines is 1. The minimum Gasteiger partial charge on any atom is -0.449 e. The molecule has 8 heteroatoms. The Morgan fingerprint density at radius 3 is 2.60 bits per heavy atom. The number of hydrogen-bond donors (Lipinski definition) is 3. The molecule has 0 saturated carbocycles. The van der Waals surface area contributed by atoms with Crippen LogP contribution in [-0.2, 0) is 6.54 Å². The monoisotopic (exact) mass is 409 g/mol. The van der Waals surface area contributed by atoms with Crippen molar-refractivity contribution in [3.8, 4) is 0 Å². The summed E-state index contributed by atoms with van der Waals surface area (Å²) in [5.41, 5.74) is 0.943. The zero-order valence-electron chi connectivity index (χ0n) is 14.0. The zero-order chi connectivity index (χ0) is 18.1. The molecule has 0 aliphatic rings. The third kappa shape index (κ3) is 4.09. The minimum atomic E-state index is -0.556. The van der Waals surface area contributed by atoms with Crippen LogP contribution in [0.25, 0.3) is 22.1 Å². The summed E-state index contributed by atoms with van der Waals surface area (Å²) >= 11 is 3.42. The highest BCUT2D eigenvalue weighted by molar-refractivity contribution is 9.10. The maximum atomic E-state index is 12.4. The Hall–Kier alpha value is -1.74. The van der Waals surface area contributed by atoms with Gasteiger partial charge in [0, 0.05) is 22.9 Å². The summed E-state index contributed by atoms with van der Waals surface area (Å²) in [5, 5.41) is 20.0. The van der Waals surface area contributed by atoms with Crippen LogP contribution < -0.4 is 5.56 Å². The summed E-state index contributed by atoms with van der Waals surface area (Å²) in [6.45, 7) is 4.39. The van der Waals surface area contributed by atoms with Gasteiger partial charge < -0.3 is 19.6 Å². The first-order valence-electron chi connectivity index (χ1n) is 8.03. The van der Waals surface area contributed by atoms with E-state index in [1.807, 2.05) is 17.0 Å². The standard InChI is InChI=1S/C17H20BrN3O4/c1-9(22)6-21(7-10(2)23)8-14-19-15-12-5-11(18)3-4-13(12)25-16(15)17(24)20-14/h3-5,9-10,22-23H,6-8H2,1-2H3,(H,19,20,24).